The van der Waals surface area contributed by atoms with Gasteiger partial charge >= 0.3 is 5.97 Å². The Bertz CT molecular complexity index is 843. The zero-order valence-corrected chi connectivity index (χ0v) is 18.3. The molecule has 0 saturated carbocycles. The number of benzene rings is 1. The van der Waals surface area contributed by atoms with Gasteiger partial charge in [0, 0.05) is 18.8 Å². The van der Waals surface area contributed by atoms with E-state index in [1.54, 1.807) is 6.20 Å². The van der Waals surface area contributed by atoms with Gasteiger partial charge in [-0.25, -0.2) is 0 Å². The largest absolute Gasteiger partial charge is 0.462 e. The van der Waals surface area contributed by atoms with Crippen LogP contribution in [0.3, 0.4) is 0 Å². The highest BCUT2D eigenvalue weighted by molar-refractivity contribution is 5.94. The molecule has 0 radical (unpaired) electrons. The highest BCUT2D eigenvalue weighted by Gasteiger charge is 2.15. The Morgan fingerprint density at radius 2 is 1.77 bits per heavy atom. The number of carbonyl (C=O) groups is 2. The van der Waals surface area contributed by atoms with Gasteiger partial charge in [-0.2, -0.15) is 0 Å². The molecule has 0 aliphatic carbocycles. The summed E-state index contributed by atoms with van der Waals surface area (Å²) in [4.78, 5) is 26.7. The molecular weight excluding hydrogens is 378 g/mol. The molecule has 2 rings (SSSR count). The van der Waals surface area contributed by atoms with Crippen LogP contribution in [0.4, 0.5) is 0 Å². The summed E-state index contributed by atoms with van der Waals surface area (Å²) in [7, 11) is 0. The average molecular weight is 410 g/mol. The summed E-state index contributed by atoms with van der Waals surface area (Å²) in [6.07, 6.45) is 6.71. The highest BCUT2D eigenvalue weighted by atomic mass is 16.5. The lowest BCUT2D eigenvalue weighted by molar-refractivity contribution is -0.151. The summed E-state index contributed by atoms with van der Waals surface area (Å²) in [6, 6.07) is 12.5. The van der Waals surface area contributed by atoms with Crippen molar-refractivity contribution in [2.24, 2.45) is 0 Å². The summed E-state index contributed by atoms with van der Waals surface area (Å²) in [5.41, 5.74) is 4.69. The van der Waals surface area contributed by atoms with Crippen LogP contribution in [0.2, 0.25) is 0 Å². The number of Topliss-reactive ketones (excluding diaryl/α,β-unsaturated/α-hetero) is 1. The number of rotatable bonds is 11. The number of pyridine rings is 1. The van der Waals surface area contributed by atoms with Crippen molar-refractivity contribution < 1.29 is 19.1 Å². The smallest absolute Gasteiger partial charge is 0.313 e. The predicted molar refractivity (Wildman–Crippen MR) is 118 cm³/mol. The molecule has 1 heterocycles. The van der Waals surface area contributed by atoms with E-state index in [-0.39, 0.29) is 24.4 Å². The third-order valence-electron chi connectivity index (χ3n) is 4.51. The van der Waals surface area contributed by atoms with E-state index in [0.717, 1.165) is 17.6 Å². The van der Waals surface area contributed by atoms with Crippen LogP contribution in [-0.4, -0.2) is 35.6 Å². The predicted octanol–water partition coefficient (Wildman–Crippen LogP) is 4.78. The third-order valence-corrected chi connectivity index (χ3v) is 4.51. The monoisotopic (exact) mass is 409 g/mol. The molecule has 1 aromatic carbocycles. The van der Waals surface area contributed by atoms with Crippen LogP contribution in [0, 0.1) is 0 Å². The van der Waals surface area contributed by atoms with E-state index in [9.17, 15) is 9.59 Å². The lowest BCUT2D eigenvalue weighted by Gasteiger charge is -2.18. The van der Waals surface area contributed by atoms with E-state index < -0.39 is 5.97 Å². The molecule has 5 nitrogen and oxygen atoms in total. The van der Waals surface area contributed by atoms with Crippen molar-refractivity contribution in [3.63, 3.8) is 0 Å². The number of ketones is 1. The van der Waals surface area contributed by atoms with Gasteiger partial charge in [-0.3, -0.25) is 14.6 Å². The first-order valence-corrected chi connectivity index (χ1v) is 10.3. The number of ether oxygens (including phenoxy) is 2. The van der Waals surface area contributed by atoms with Gasteiger partial charge in [0.1, 0.15) is 18.3 Å². The van der Waals surface area contributed by atoms with Gasteiger partial charge in [-0.15, -0.1) is 0 Å². The maximum absolute atomic E-state index is 11.5. The third kappa shape index (κ3) is 9.14. The molecule has 0 aliphatic rings. The molecule has 0 fully saturated rings. The normalized spacial score (nSPS) is 13.5. The number of hydrogen-bond donors (Lipinski definition) is 0. The lowest BCUT2D eigenvalue weighted by atomic mass is 10.0. The summed E-state index contributed by atoms with van der Waals surface area (Å²) in [6.45, 7) is 7.68. The van der Waals surface area contributed by atoms with E-state index in [1.165, 1.54) is 18.1 Å². The number of hydrogen-bond acceptors (Lipinski definition) is 5. The van der Waals surface area contributed by atoms with Gasteiger partial charge in [0.05, 0.1) is 12.7 Å². The Morgan fingerprint density at radius 3 is 2.40 bits per heavy atom. The molecule has 2 unspecified atom stereocenters. The molecule has 0 aliphatic heterocycles. The van der Waals surface area contributed by atoms with Crippen molar-refractivity contribution in [2.45, 2.75) is 59.2 Å². The molecule has 1 aromatic heterocycles. The zero-order chi connectivity index (χ0) is 21.9. The van der Waals surface area contributed by atoms with Crippen LogP contribution >= 0.6 is 0 Å². The Kier molecular flexibility index (Phi) is 9.42. The minimum atomic E-state index is -0.481. The molecule has 2 atom stereocenters. The maximum Gasteiger partial charge on any atom is 0.313 e. The average Bonchev–Trinajstić information content (AvgIpc) is 2.68. The summed E-state index contributed by atoms with van der Waals surface area (Å²) in [5.74, 6) is -0.674. The number of aromatic nitrogens is 1. The van der Waals surface area contributed by atoms with Crippen LogP contribution in [-0.2, 0) is 25.5 Å². The van der Waals surface area contributed by atoms with Crippen LogP contribution in [0.15, 0.2) is 54.4 Å². The Balaban J connectivity index is 1.77. The quantitative estimate of drug-likeness (QED) is 0.395. The van der Waals surface area contributed by atoms with E-state index in [4.69, 9.17) is 9.47 Å². The SMILES string of the molecule is CC(=O)CC(=O)OC(C)CC(C)OCC(C)=Cc1ccc(Cc2cccnc2)cc1. The zero-order valence-electron chi connectivity index (χ0n) is 18.3. The van der Waals surface area contributed by atoms with Crippen LogP contribution in [0.25, 0.3) is 6.08 Å². The van der Waals surface area contributed by atoms with Gasteiger partial charge in [-0.1, -0.05) is 36.4 Å². The minimum Gasteiger partial charge on any atom is -0.462 e. The van der Waals surface area contributed by atoms with Crippen molar-refractivity contribution in [1.29, 1.82) is 0 Å². The summed E-state index contributed by atoms with van der Waals surface area (Å²) in [5, 5.41) is 0. The van der Waals surface area contributed by atoms with Crippen LogP contribution < -0.4 is 0 Å². The van der Waals surface area contributed by atoms with E-state index in [0.29, 0.717) is 13.0 Å². The Hall–Kier alpha value is -2.79. The van der Waals surface area contributed by atoms with Gasteiger partial charge in [-0.05, 0) is 62.4 Å². The van der Waals surface area contributed by atoms with Crippen LogP contribution in [0.5, 0.6) is 0 Å². The standard InChI is InChI=1S/C25H31NO4/c1-18(17-29-20(3)14-21(4)30-25(28)13-19(2)27)12-22-7-9-23(10-8-22)15-24-6-5-11-26-16-24/h5-12,16,20-21H,13-15,17H2,1-4H3. The Labute approximate surface area is 179 Å². The minimum absolute atomic E-state index is 0.0599. The highest BCUT2D eigenvalue weighted by Crippen LogP contribution is 2.14. The summed E-state index contributed by atoms with van der Waals surface area (Å²) < 4.78 is 11.1. The number of carbonyl (C=O) groups excluding carboxylic acids is 2. The van der Waals surface area contributed by atoms with Crippen molar-refractivity contribution in [3.8, 4) is 0 Å². The first kappa shape index (κ1) is 23.5. The van der Waals surface area contributed by atoms with Crippen molar-refractivity contribution in [2.75, 3.05) is 6.61 Å². The molecule has 0 amide bonds. The van der Waals surface area contributed by atoms with E-state index >= 15 is 0 Å². The molecule has 2 aromatic rings. The Morgan fingerprint density at radius 1 is 1.03 bits per heavy atom. The first-order chi connectivity index (χ1) is 14.3. The van der Waals surface area contributed by atoms with Gasteiger partial charge < -0.3 is 9.47 Å². The first-order valence-electron chi connectivity index (χ1n) is 10.3. The number of nitrogens with zero attached hydrogens (tertiary/aromatic N) is 1. The number of esters is 1. The molecule has 5 heteroatoms. The molecule has 30 heavy (non-hydrogen) atoms. The fraction of sp³-hybridized carbons (Fsp3) is 0.400. The van der Waals surface area contributed by atoms with E-state index in [2.05, 4.69) is 41.4 Å². The molecule has 0 bridgehead atoms. The second-order valence-electron chi connectivity index (χ2n) is 7.81. The lowest BCUT2D eigenvalue weighted by Crippen LogP contribution is -2.22. The second-order valence-corrected chi connectivity index (χ2v) is 7.81. The van der Waals surface area contributed by atoms with Gasteiger partial charge in [0.2, 0.25) is 0 Å². The van der Waals surface area contributed by atoms with Crippen LogP contribution in [0.1, 0.15) is 57.2 Å². The molecule has 160 valence electrons. The van der Waals surface area contributed by atoms with Crippen molar-refractivity contribution in [1.82, 2.24) is 4.98 Å². The molecular formula is C25H31NO4. The fourth-order valence-corrected chi connectivity index (χ4v) is 3.12. The summed E-state index contributed by atoms with van der Waals surface area (Å²) >= 11 is 0. The van der Waals surface area contributed by atoms with Gasteiger partial charge in [0.15, 0.2) is 0 Å². The van der Waals surface area contributed by atoms with Crippen molar-refractivity contribution >= 4 is 17.8 Å². The molecule has 0 spiro atoms. The van der Waals surface area contributed by atoms with Gasteiger partial charge in [0.25, 0.3) is 0 Å². The topological polar surface area (TPSA) is 65.5 Å². The second kappa shape index (κ2) is 12.0. The maximum atomic E-state index is 11.5. The van der Waals surface area contributed by atoms with Crippen molar-refractivity contribution in [3.05, 3.63) is 71.1 Å². The fourth-order valence-electron chi connectivity index (χ4n) is 3.12. The molecule has 0 saturated heterocycles. The molecule has 0 N–H and O–H groups in total. The van der Waals surface area contributed by atoms with E-state index in [1.807, 2.05) is 33.0 Å².